The van der Waals surface area contributed by atoms with Crippen LogP contribution in [0.3, 0.4) is 0 Å². The van der Waals surface area contributed by atoms with Crippen molar-refractivity contribution in [3.63, 3.8) is 0 Å². The minimum Gasteiger partial charge on any atom is -0.353 e. The van der Waals surface area contributed by atoms with E-state index in [-0.39, 0.29) is 0 Å². The molecule has 1 aromatic carbocycles. The zero-order valence-electron chi connectivity index (χ0n) is 13.2. The van der Waals surface area contributed by atoms with E-state index in [2.05, 4.69) is 55.4 Å². The second-order valence-corrected chi connectivity index (χ2v) is 6.20. The lowest BCUT2D eigenvalue weighted by molar-refractivity contribution is 0.436. The first kappa shape index (κ1) is 14.2. The highest BCUT2D eigenvalue weighted by Gasteiger charge is 2.25. The lowest BCUT2D eigenvalue weighted by Gasteiger charge is -2.37. The summed E-state index contributed by atoms with van der Waals surface area (Å²) in [4.78, 5) is 11.3. The minimum atomic E-state index is 0.539. The van der Waals surface area contributed by atoms with Crippen molar-refractivity contribution in [3.8, 4) is 0 Å². The molecule has 5 heteroatoms. The number of rotatable bonds is 4. The molecule has 1 aliphatic rings. The highest BCUT2D eigenvalue weighted by Crippen LogP contribution is 2.29. The van der Waals surface area contributed by atoms with Gasteiger partial charge in [-0.25, -0.2) is 9.97 Å². The Morgan fingerprint density at radius 2 is 2.04 bits per heavy atom. The first-order valence-corrected chi connectivity index (χ1v) is 8.36. The Morgan fingerprint density at radius 1 is 1.13 bits per heavy atom. The molecule has 0 aliphatic carbocycles. The van der Waals surface area contributed by atoms with Crippen LogP contribution in [0.4, 0.5) is 5.82 Å². The molecule has 0 spiro atoms. The molecular formula is C18H21N5. The van der Waals surface area contributed by atoms with Crippen molar-refractivity contribution in [1.82, 2.24) is 20.2 Å². The van der Waals surface area contributed by atoms with Crippen molar-refractivity contribution < 1.29 is 0 Å². The average Bonchev–Trinajstić information content (AvgIpc) is 3.10. The van der Waals surface area contributed by atoms with Crippen molar-refractivity contribution >= 4 is 16.9 Å². The van der Waals surface area contributed by atoms with Crippen LogP contribution in [-0.2, 0) is 6.42 Å². The Labute approximate surface area is 135 Å². The van der Waals surface area contributed by atoms with Crippen molar-refractivity contribution in [3.05, 3.63) is 48.4 Å². The van der Waals surface area contributed by atoms with Gasteiger partial charge in [0.2, 0.25) is 0 Å². The van der Waals surface area contributed by atoms with Gasteiger partial charge >= 0.3 is 0 Å². The molecule has 0 amide bonds. The summed E-state index contributed by atoms with van der Waals surface area (Å²) in [6.07, 6.45) is 9.51. The van der Waals surface area contributed by atoms with E-state index in [1.807, 2.05) is 6.20 Å². The van der Waals surface area contributed by atoms with Crippen molar-refractivity contribution in [2.75, 3.05) is 11.4 Å². The third kappa shape index (κ3) is 2.91. The highest BCUT2D eigenvalue weighted by molar-refractivity contribution is 5.86. The fourth-order valence-electron chi connectivity index (χ4n) is 3.54. The number of hydrogen-bond acceptors (Lipinski definition) is 4. The van der Waals surface area contributed by atoms with E-state index in [9.17, 15) is 0 Å². The molecule has 1 aliphatic heterocycles. The molecule has 3 heterocycles. The monoisotopic (exact) mass is 307 g/mol. The highest BCUT2D eigenvalue weighted by atomic mass is 15.2. The van der Waals surface area contributed by atoms with Gasteiger partial charge in [-0.15, -0.1) is 0 Å². The van der Waals surface area contributed by atoms with Gasteiger partial charge < -0.3 is 4.90 Å². The van der Waals surface area contributed by atoms with Crippen LogP contribution < -0.4 is 4.90 Å². The van der Waals surface area contributed by atoms with Gasteiger partial charge in [0.25, 0.3) is 0 Å². The third-order valence-corrected chi connectivity index (χ3v) is 4.74. The Hall–Kier alpha value is -2.43. The van der Waals surface area contributed by atoms with Gasteiger partial charge in [-0.3, -0.25) is 5.10 Å². The standard InChI is InChI=1S/C18H21N5/c1-2-6-14(7-3-1)9-10-15-8-4-5-11-23(15)18-16-12-21-22-17(16)19-13-20-18/h1-3,6-7,12-13,15H,4-5,8-11H2,(H,19,20,21,22). The second-order valence-electron chi connectivity index (χ2n) is 6.20. The van der Waals surface area contributed by atoms with Crippen LogP contribution in [0.2, 0.25) is 0 Å². The van der Waals surface area contributed by atoms with Crippen molar-refractivity contribution in [2.45, 2.75) is 38.1 Å². The van der Waals surface area contributed by atoms with Gasteiger partial charge in [-0.1, -0.05) is 30.3 Å². The molecule has 2 aromatic heterocycles. The fourth-order valence-corrected chi connectivity index (χ4v) is 3.54. The van der Waals surface area contributed by atoms with Gasteiger partial charge in [0.05, 0.1) is 11.6 Å². The number of piperidine rings is 1. The van der Waals surface area contributed by atoms with Crippen molar-refractivity contribution in [2.24, 2.45) is 0 Å². The van der Waals surface area contributed by atoms with Crippen LogP contribution in [0.15, 0.2) is 42.9 Å². The number of aromatic nitrogens is 4. The first-order valence-electron chi connectivity index (χ1n) is 8.36. The maximum absolute atomic E-state index is 4.56. The topological polar surface area (TPSA) is 57.7 Å². The molecule has 0 radical (unpaired) electrons. The summed E-state index contributed by atoms with van der Waals surface area (Å²) < 4.78 is 0. The van der Waals surface area contributed by atoms with Crippen molar-refractivity contribution in [1.29, 1.82) is 0 Å². The number of hydrogen-bond donors (Lipinski definition) is 1. The first-order chi connectivity index (χ1) is 11.4. The summed E-state index contributed by atoms with van der Waals surface area (Å²) in [7, 11) is 0. The minimum absolute atomic E-state index is 0.539. The molecule has 0 bridgehead atoms. The zero-order valence-corrected chi connectivity index (χ0v) is 13.2. The summed E-state index contributed by atoms with van der Waals surface area (Å²) >= 11 is 0. The van der Waals surface area contributed by atoms with Gasteiger partial charge in [0.1, 0.15) is 12.1 Å². The molecule has 0 saturated carbocycles. The summed E-state index contributed by atoms with van der Waals surface area (Å²) in [5.41, 5.74) is 2.23. The van der Waals surface area contributed by atoms with Crippen LogP contribution in [0, 0.1) is 0 Å². The zero-order chi connectivity index (χ0) is 15.5. The number of aryl methyl sites for hydroxylation is 1. The molecule has 1 fully saturated rings. The smallest absolute Gasteiger partial charge is 0.160 e. The van der Waals surface area contributed by atoms with E-state index in [1.165, 1.54) is 24.8 Å². The normalized spacial score (nSPS) is 18.4. The summed E-state index contributed by atoms with van der Waals surface area (Å²) in [6, 6.07) is 11.3. The van der Waals surface area contributed by atoms with Crippen LogP contribution in [0.25, 0.3) is 11.0 Å². The predicted octanol–water partition coefficient (Wildman–Crippen LogP) is 3.34. The van der Waals surface area contributed by atoms with E-state index < -0.39 is 0 Å². The molecule has 1 N–H and O–H groups in total. The van der Waals surface area contributed by atoms with Crippen LogP contribution in [-0.4, -0.2) is 32.8 Å². The quantitative estimate of drug-likeness (QED) is 0.803. The Morgan fingerprint density at radius 3 is 2.96 bits per heavy atom. The maximum Gasteiger partial charge on any atom is 0.160 e. The Kier molecular flexibility index (Phi) is 3.92. The second kappa shape index (κ2) is 6.36. The van der Waals surface area contributed by atoms with Gasteiger partial charge in [-0.2, -0.15) is 5.10 Å². The number of nitrogens with one attached hydrogen (secondary N) is 1. The number of aromatic amines is 1. The molecular weight excluding hydrogens is 286 g/mol. The number of benzene rings is 1. The summed E-state index contributed by atoms with van der Waals surface area (Å²) in [5, 5.41) is 8.09. The van der Waals surface area contributed by atoms with E-state index in [0.717, 1.165) is 36.2 Å². The molecule has 4 rings (SSSR count). The fraction of sp³-hybridized carbons (Fsp3) is 0.389. The van der Waals surface area contributed by atoms with Crippen LogP contribution in [0.5, 0.6) is 0 Å². The number of H-pyrrole nitrogens is 1. The molecule has 3 aromatic rings. The average molecular weight is 307 g/mol. The van der Waals surface area contributed by atoms with Gasteiger partial charge in [-0.05, 0) is 37.7 Å². The van der Waals surface area contributed by atoms with Crippen LogP contribution >= 0.6 is 0 Å². The summed E-state index contributed by atoms with van der Waals surface area (Å²) in [5.74, 6) is 1.03. The molecule has 1 atom stereocenters. The number of fused-ring (bicyclic) bond motifs is 1. The molecule has 1 unspecified atom stereocenters. The molecule has 23 heavy (non-hydrogen) atoms. The van der Waals surface area contributed by atoms with Gasteiger partial charge in [0, 0.05) is 12.6 Å². The maximum atomic E-state index is 4.56. The molecule has 118 valence electrons. The number of anilines is 1. The third-order valence-electron chi connectivity index (χ3n) is 4.74. The van der Waals surface area contributed by atoms with E-state index >= 15 is 0 Å². The number of nitrogens with zero attached hydrogens (tertiary/aromatic N) is 4. The van der Waals surface area contributed by atoms with E-state index in [4.69, 9.17) is 0 Å². The van der Waals surface area contributed by atoms with Crippen LogP contribution in [0.1, 0.15) is 31.2 Å². The van der Waals surface area contributed by atoms with E-state index in [0.29, 0.717) is 6.04 Å². The lowest BCUT2D eigenvalue weighted by Crippen LogP contribution is -2.40. The summed E-state index contributed by atoms with van der Waals surface area (Å²) in [6.45, 7) is 1.07. The predicted molar refractivity (Wildman–Crippen MR) is 91.4 cm³/mol. The Bertz CT molecular complexity index is 767. The molecule has 1 saturated heterocycles. The SMILES string of the molecule is c1ccc(CCC2CCCCN2c2ncnc3[nH]ncc23)cc1. The van der Waals surface area contributed by atoms with E-state index in [1.54, 1.807) is 6.33 Å². The molecule has 5 nitrogen and oxygen atoms in total. The Balaban J connectivity index is 1.57. The largest absolute Gasteiger partial charge is 0.353 e. The van der Waals surface area contributed by atoms with Gasteiger partial charge in [0.15, 0.2) is 5.65 Å². The lowest BCUT2D eigenvalue weighted by atomic mass is 9.95.